The Hall–Kier alpha value is -1.88. The van der Waals surface area contributed by atoms with Crippen molar-refractivity contribution in [3.8, 4) is 11.3 Å². The van der Waals surface area contributed by atoms with E-state index in [-0.39, 0.29) is 5.91 Å². The number of hydrogen-bond acceptors (Lipinski definition) is 4. The van der Waals surface area contributed by atoms with E-state index in [0.29, 0.717) is 11.7 Å². The first kappa shape index (κ1) is 12.2. The molecular formula is C14H15N3OS. The van der Waals surface area contributed by atoms with Crippen molar-refractivity contribution in [1.29, 1.82) is 0 Å². The largest absolute Gasteiger partial charge is 0.375 e. The number of carbonyl (C=O) groups is 1. The number of benzene rings is 1. The van der Waals surface area contributed by atoms with Gasteiger partial charge in [-0.2, -0.15) is 0 Å². The first-order chi connectivity index (χ1) is 9.13. The molecule has 0 radical (unpaired) electrons. The fraction of sp³-hybridized carbons (Fsp3) is 0.286. The Morgan fingerprint density at radius 2 is 2.26 bits per heavy atom. The smallest absolute Gasteiger partial charge is 0.219 e. The number of carbonyl (C=O) groups excluding carboxylic acids is 1. The number of fused-ring (bicyclic) bond motifs is 1. The Morgan fingerprint density at radius 1 is 1.42 bits per heavy atom. The van der Waals surface area contributed by atoms with Crippen LogP contribution in [0, 0.1) is 0 Å². The van der Waals surface area contributed by atoms with Gasteiger partial charge in [-0.3, -0.25) is 4.79 Å². The molecule has 0 bridgehead atoms. The molecule has 0 aliphatic carbocycles. The molecule has 0 spiro atoms. The summed E-state index contributed by atoms with van der Waals surface area (Å²) in [4.78, 5) is 17.6. The summed E-state index contributed by atoms with van der Waals surface area (Å²) in [6.07, 6.45) is 0.905. The van der Waals surface area contributed by atoms with Crippen molar-refractivity contribution in [2.75, 3.05) is 12.3 Å². The standard InChI is InChI=1S/C14H15N3OS/c1-9(18)17-5-4-10-6-11(2-3-12(10)7-17)13-8-19-14(15)16-13/h2-3,6,8H,4-5,7H2,1H3,(H2,15,16). The van der Waals surface area contributed by atoms with Crippen LogP contribution in [-0.4, -0.2) is 22.3 Å². The molecule has 0 unspecified atom stereocenters. The average molecular weight is 273 g/mol. The van der Waals surface area contributed by atoms with E-state index in [1.807, 2.05) is 10.3 Å². The number of anilines is 1. The maximum absolute atomic E-state index is 11.4. The predicted octanol–water partition coefficient (Wildman–Crippen LogP) is 2.30. The number of nitrogens with zero attached hydrogens (tertiary/aromatic N) is 2. The van der Waals surface area contributed by atoms with E-state index in [1.54, 1.807) is 6.92 Å². The van der Waals surface area contributed by atoms with Crippen LogP contribution < -0.4 is 5.73 Å². The van der Waals surface area contributed by atoms with Gasteiger partial charge in [-0.25, -0.2) is 4.98 Å². The number of nitrogens with two attached hydrogens (primary N) is 1. The molecule has 4 nitrogen and oxygen atoms in total. The van der Waals surface area contributed by atoms with Gasteiger partial charge in [0.1, 0.15) is 0 Å². The SMILES string of the molecule is CC(=O)N1CCc2cc(-c3csc(N)n3)ccc2C1. The summed E-state index contributed by atoms with van der Waals surface area (Å²) in [5.41, 5.74) is 10.2. The van der Waals surface area contributed by atoms with Crippen molar-refractivity contribution < 1.29 is 4.79 Å². The number of thiazole rings is 1. The zero-order chi connectivity index (χ0) is 13.4. The quantitative estimate of drug-likeness (QED) is 0.867. The summed E-state index contributed by atoms with van der Waals surface area (Å²) in [6, 6.07) is 6.31. The van der Waals surface area contributed by atoms with Crippen LogP contribution in [0.25, 0.3) is 11.3 Å². The van der Waals surface area contributed by atoms with Crippen molar-refractivity contribution in [3.05, 3.63) is 34.7 Å². The van der Waals surface area contributed by atoms with Crippen LogP contribution in [0.3, 0.4) is 0 Å². The molecule has 2 heterocycles. The second kappa shape index (κ2) is 4.66. The second-order valence-electron chi connectivity index (χ2n) is 4.75. The molecule has 1 aromatic carbocycles. The molecule has 1 aliphatic rings. The van der Waals surface area contributed by atoms with E-state index < -0.39 is 0 Å². The van der Waals surface area contributed by atoms with Crippen LogP contribution in [0.5, 0.6) is 0 Å². The highest BCUT2D eigenvalue weighted by Crippen LogP contribution is 2.27. The Bertz CT molecular complexity index is 635. The average Bonchev–Trinajstić information content (AvgIpc) is 2.84. The van der Waals surface area contributed by atoms with Gasteiger partial charge in [-0.1, -0.05) is 12.1 Å². The van der Waals surface area contributed by atoms with Gasteiger partial charge in [0.15, 0.2) is 5.13 Å². The van der Waals surface area contributed by atoms with Crippen molar-refractivity contribution in [2.24, 2.45) is 0 Å². The lowest BCUT2D eigenvalue weighted by molar-refractivity contribution is -0.129. The van der Waals surface area contributed by atoms with E-state index in [9.17, 15) is 4.79 Å². The normalized spacial score (nSPS) is 14.3. The van der Waals surface area contributed by atoms with Crippen molar-refractivity contribution in [3.63, 3.8) is 0 Å². The van der Waals surface area contributed by atoms with E-state index in [4.69, 9.17) is 5.73 Å². The minimum Gasteiger partial charge on any atom is -0.375 e. The lowest BCUT2D eigenvalue weighted by Crippen LogP contribution is -2.34. The third-order valence-corrected chi connectivity index (χ3v) is 4.16. The molecule has 1 aliphatic heterocycles. The van der Waals surface area contributed by atoms with Gasteiger partial charge in [0.25, 0.3) is 0 Å². The van der Waals surface area contributed by atoms with Crippen LogP contribution >= 0.6 is 11.3 Å². The summed E-state index contributed by atoms with van der Waals surface area (Å²) in [7, 11) is 0. The summed E-state index contributed by atoms with van der Waals surface area (Å²) < 4.78 is 0. The monoisotopic (exact) mass is 273 g/mol. The fourth-order valence-corrected chi connectivity index (χ4v) is 2.97. The van der Waals surface area contributed by atoms with Crippen LogP contribution in [0.1, 0.15) is 18.1 Å². The van der Waals surface area contributed by atoms with E-state index in [1.165, 1.54) is 22.5 Å². The Balaban J connectivity index is 1.91. The highest BCUT2D eigenvalue weighted by atomic mass is 32.1. The molecule has 0 atom stereocenters. The van der Waals surface area contributed by atoms with Crippen LogP contribution in [0.2, 0.25) is 0 Å². The van der Waals surface area contributed by atoms with Gasteiger partial charge in [0.2, 0.25) is 5.91 Å². The fourth-order valence-electron chi connectivity index (χ4n) is 2.40. The number of aromatic nitrogens is 1. The summed E-state index contributed by atoms with van der Waals surface area (Å²) in [5, 5.41) is 2.57. The molecule has 19 heavy (non-hydrogen) atoms. The number of nitrogen functional groups attached to an aromatic ring is 1. The lowest BCUT2D eigenvalue weighted by Gasteiger charge is -2.28. The second-order valence-corrected chi connectivity index (χ2v) is 5.63. The van der Waals surface area contributed by atoms with E-state index >= 15 is 0 Å². The zero-order valence-corrected chi connectivity index (χ0v) is 11.5. The molecule has 5 heteroatoms. The van der Waals surface area contributed by atoms with Gasteiger partial charge >= 0.3 is 0 Å². The first-order valence-electron chi connectivity index (χ1n) is 6.22. The van der Waals surface area contributed by atoms with Crippen LogP contribution in [0.4, 0.5) is 5.13 Å². The zero-order valence-electron chi connectivity index (χ0n) is 10.7. The third-order valence-electron chi connectivity index (χ3n) is 3.48. The minimum absolute atomic E-state index is 0.141. The van der Waals surface area contributed by atoms with Gasteiger partial charge < -0.3 is 10.6 Å². The molecule has 3 rings (SSSR count). The van der Waals surface area contributed by atoms with Gasteiger partial charge in [-0.05, 0) is 23.6 Å². The predicted molar refractivity (Wildman–Crippen MR) is 76.8 cm³/mol. The molecule has 1 amide bonds. The number of amides is 1. The summed E-state index contributed by atoms with van der Waals surface area (Å²) in [5.74, 6) is 0.141. The first-order valence-corrected chi connectivity index (χ1v) is 7.10. The van der Waals surface area contributed by atoms with Crippen molar-refractivity contribution in [2.45, 2.75) is 19.9 Å². The molecule has 2 N–H and O–H groups in total. The highest BCUT2D eigenvalue weighted by molar-refractivity contribution is 7.13. The molecule has 2 aromatic rings. The van der Waals surface area contributed by atoms with Gasteiger partial charge in [0, 0.05) is 31.0 Å². The van der Waals surface area contributed by atoms with E-state index in [0.717, 1.165) is 24.2 Å². The summed E-state index contributed by atoms with van der Waals surface area (Å²) >= 11 is 1.45. The molecule has 1 aromatic heterocycles. The highest BCUT2D eigenvalue weighted by Gasteiger charge is 2.18. The summed E-state index contributed by atoms with van der Waals surface area (Å²) in [6.45, 7) is 3.13. The molecule has 0 saturated heterocycles. The Kier molecular flexibility index (Phi) is 2.98. The van der Waals surface area contributed by atoms with Gasteiger partial charge in [-0.15, -0.1) is 11.3 Å². The third kappa shape index (κ3) is 2.33. The van der Waals surface area contributed by atoms with Crippen molar-refractivity contribution >= 4 is 22.4 Å². The topological polar surface area (TPSA) is 59.2 Å². The molecule has 0 fully saturated rings. The molecular weight excluding hydrogens is 258 g/mol. The number of rotatable bonds is 1. The Morgan fingerprint density at radius 3 is 2.95 bits per heavy atom. The lowest BCUT2D eigenvalue weighted by atomic mass is 9.96. The minimum atomic E-state index is 0.141. The van der Waals surface area contributed by atoms with Crippen LogP contribution in [-0.2, 0) is 17.8 Å². The van der Waals surface area contributed by atoms with Crippen molar-refractivity contribution in [1.82, 2.24) is 9.88 Å². The maximum Gasteiger partial charge on any atom is 0.219 e. The number of hydrogen-bond donors (Lipinski definition) is 1. The van der Waals surface area contributed by atoms with Crippen LogP contribution in [0.15, 0.2) is 23.6 Å². The molecule has 98 valence electrons. The molecule has 0 saturated carbocycles. The van der Waals surface area contributed by atoms with E-state index in [2.05, 4.69) is 23.2 Å². The maximum atomic E-state index is 11.4. The van der Waals surface area contributed by atoms with Gasteiger partial charge in [0.05, 0.1) is 5.69 Å². The Labute approximate surface area is 115 Å².